The topological polar surface area (TPSA) is 84.6 Å². The lowest BCUT2D eigenvalue weighted by Crippen LogP contribution is -2.46. The Balaban J connectivity index is 1.35. The molecular formula is C21H23N5O3S. The van der Waals surface area contributed by atoms with Crippen molar-refractivity contribution in [3.8, 4) is 16.3 Å². The van der Waals surface area contributed by atoms with Crippen molar-refractivity contribution in [3.05, 3.63) is 63.3 Å². The first kappa shape index (κ1) is 20.2. The molecule has 1 aliphatic rings. The fourth-order valence-corrected chi connectivity index (χ4v) is 4.39. The highest BCUT2D eigenvalue weighted by Gasteiger charge is 2.21. The van der Waals surface area contributed by atoms with E-state index in [9.17, 15) is 10.1 Å². The summed E-state index contributed by atoms with van der Waals surface area (Å²) in [5.41, 5.74) is 3.04. The third-order valence-electron chi connectivity index (χ3n) is 5.19. The average Bonchev–Trinajstić information content (AvgIpc) is 3.23. The van der Waals surface area contributed by atoms with Crippen LogP contribution in [0.15, 0.2) is 41.9 Å². The molecule has 1 fully saturated rings. The number of thiazole rings is 1. The zero-order valence-electron chi connectivity index (χ0n) is 16.9. The number of pyridine rings is 1. The van der Waals surface area contributed by atoms with Gasteiger partial charge in [0.15, 0.2) is 0 Å². The molecule has 2 aromatic heterocycles. The standard InChI is InChI=1S/C21H23N5O3S/c1-15-11-18(26(27)28)12-22-20(15)25-9-7-24(8-10-25)13-17-14-30-21(23-17)16-3-5-19(29-2)6-4-16/h3-6,11-12,14H,7-10,13H2,1-2H3. The van der Waals surface area contributed by atoms with Crippen molar-refractivity contribution in [2.75, 3.05) is 38.2 Å². The van der Waals surface area contributed by atoms with Crippen molar-refractivity contribution in [1.82, 2.24) is 14.9 Å². The molecule has 3 aromatic rings. The maximum Gasteiger partial charge on any atom is 0.287 e. The Labute approximate surface area is 178 Å². The number of nitrogens with zero attached hydrogens (tertiary/aromatic N) is 5. The van der Waals surface area contributed by atoms with Gasteiger partial charge in [0, 0.05) is 49.7 Å². The number of benzene rings is 1. The largest absolute Gasteiger partial charge is 0.497 e. The van der Waals surface area contributed by atoms with Crippen LogP contribution in [-0.2, 0) is 6.54 Å². The van der Waals surface area contributed by atoms with E-state index < -0.39 is 4.92 Å². The second-order valence-corrected chi connectivity index (χ2v) is 8.08. The number of aromatic nitrogens is 2. The zero-order valence-corrected chi connectivity index (χ0v) is 17.8. The summed E-state index contributed by atoms with van der Waals surface area (Å²) >= 11 is 1.65. The molecule has 0 radical (unpaired) electrons. The number of hydrogen-bond donors (Lipinski definition) is 0. The van der Waals surface area contributed by atoms with E-state index >= 15 is 0 Å². The molecular weight excluding hydrogens is 402 g/mol. The van der Waals surface area contributed by atoms with Gasteiger partial charge >= 0.3 is 0 Å². The summed E-state index contributed by atoms with van der Waals surface area (Å²) in [6.07, 6.45) is 1.34. The van der Waals surface area contributed by atoms with Gasteiger partial charge in [-0.3, -0.25) is 15.0 Å². The summed E-state index contributed by atoms with van der Waals surface area (Å²) in [5, 5.41) is 14.0. The first-order valence-electron chi connectivity index (χ1n) is 9.70. The van der Waals surface area contributed by atoms with Gasteiger partial charge in [-0.1, -0.05) is 0 Å². The molecule has 1 aliphatic heterocycles. The van der Waals surface area contributed by atoms with Gasteiger partial charge in [-0.05, 0) is 36.8 Å². The number of nitro groups is 1. The van der Waals surface area contributed by atoms with Crippen molar-refractivity contribution >= 4 is 22.8 Å². The number of aryl methyl sites for hydroxylation is 1. The van der Waals surface area contributed by atoms with E-state index in [2.05, 4.69) is 20.2 Å². The summed E-state index contributed by atoms with van der Waals surface area (Å²) in [5.74, 6) is 1.67. The smallest absolute Gasteiger partial charge is 0.287 e. The number of piperazine rings is 1. The highest BCUT2D eigenvalue weighted by Crippen LogP contribution is 2.27. The molecule has 1 aromatic carbocycles. The Hall–Kier alpha value is -3.04. The summed E-state index contributed by atoms with van der Waals surface area (Å²) < 4.78 is 5.21. The van der Waals surface area contributed by atoms with E-state index in [1.54, 1.807) is 24.5 Å². The minimum atomic E-state index is -0.407. The van der Waals surface area contributed by atoms with Crippen LogP contribution < -0.4 is 9.64 Å². The molecule has 8 nitrogen and oxygen atoms in total. The predicted octanol–water partition coefficient (Wildman–Crippen LogP) is 3.75. The monoisotopic (exact) mass is 425 g/mol. The lowest BCUT2D eigenvalue weighted by molar-refractivity contribution is -0.385. The fourth-order valence-electron chi connectivity index (χ4n) is 3.58. The lowest BCUT2D eigenvalue weighted by Gasteiger charge is -2.35. The van der Waals surface area contributed by atoms with Gasteiger partial charge in [0.2, 0.25) is 0 Å². The molecule has 0 N–H and O–H groups in total. The van der Waals surface area contributed by atoms with Crippen LogP contribution in [0.5, 0.6) is 5.75 Å². The number of rotatable bonds is 6. The molecule has 0 aliphatic carbocycles. The Kier molecular flexibility index (Phi) is 5.91. The van der Waals surface area contributed by atoms with Gasteiger partial charge in [-0.25, -0.2) is 9.97 Å². The van der Waals surface area contributed by atoms with E-state index in [0.29, 0.717) is 0 Å². The maximum absolute atomic E-state index is 10.9. The van der Waals surface area contributed by atoms with Crippen molar-refractivity contribution in [3.63, 3.8) is 0 Å². The van der Waals surface area contributed by atoms with Crippen molar-refractivity contribution in [1.29, 1.82) is 0 Å². The Bertz CT molecular complexity index is 1030. The molecule has 1 saturated heterocycles. The number of hydrogen-bond acceptors (Lipinski definition) is 8. The fraction of sp³-hybridized carbons (Fsp3) is 0.333. The van der Waals surface area contributed by atoms with E-state index in [1.807, 2.05) is 31.2 Å². The Morgan fingerprint density at radius 1 is 1.20 bits per heavy atom. The van der Waals surface area contributed by atoms with Crippen LogP contribution in [0.1, 0.15) is 11.3 Å². The second-order valence-electron chi connectivity index (χ2n) is 7.23. The highest BCUT2D eigenvalue weighted by atomic mass is 32.1. The van der Waals surface area contributed by atoms with Crippen LogP contribution in [0.2, 0.25) is 0 Å². The summed E-state index contributed by atoms with van der Waals surface area (Å²) in [6, 6.07) is 9.54. The summed E-state index contributed by atoms with van der Waals surface area (Å²) in [6.45, 7) is 6.15. The molecule has 30 heavy (non-hydrogen) atoms. The zero-order chi connectivity index (χ0) is 21.1. The van der Waals surface area contributed by atoms with Gasteiger partial charge in [0.1, 0.15) is 22.8 Å². The van der Waals surface area contributed by atoms with Crippen molar-refractivity contribution in [2.24, 2.45) is 0 Å². The molecule has 9 heteroatoms. The molecule has 0 unspecified atom stereocenters. The molecule has 0 bridgehead atoms. The molecule has 0 spiro atoms. The van der Waals surface area contributed by atoms with Gasteiger partial charge in [-0.15, -0.1) is 11.3 Å². The summed E-state index contributed by atoms with van der Waals surface area (Å²) in [4.78, 5) is 24.2. The van der Waals surface area contributed by atoms with Crippen LogP contribution in [-0.4, -0.2) is 53.1 Å². The first-order chi connectivity index (χ1) is 14.5. The second kappa shape index (κ2) is 8.76. The number of methoxy groups -OCH3 is 1. The van der Waals surface area contributed by atoms with Gasteiger partial charge in [0.25, 0.3) is 5.69 Å². The molecule has 4 rings (SSSR count). The summed E-state index contributed by atoms with van der Waals surface area (Å²) in [7, 11) is 1.66. The van der Waals surface area contributed by atoms with Crippen molar-refractivity contribution in [2.45, 2.75) is 13.5 Å². The molecule has 0 amide bonds. The Morgan fingerprint density at radius 2 is 1.93 bits per heavy atom. The minimum Gasteiger partial charge on any atom is -0.497 e. The quantitative estimate of drug-likeness (QED) is 0.439. The predicted molar refractivity (Wildman–Crippen MR) is 117 cm³/mol. The molecule has 156 valence electrons. The number of ether oxygens (including phenoxy) is 1. The third-order valence-corrected chi connectivity index (χ3v) is 6.13. The average molecular weight is 426 g/mol. The highest BCUT2D eigenvalue weighted by molar-refractivity contribution is 7.13. The first-order valence-corrected chi connectivity index (χ1v) is 10.6. The third kappa shape index (κ3) is 4.42. The van der Waals surface area contributed by atoms with Gasteiger partial charge in [0.05, 0.1) is 17.7 Å². The molecule has 0 saturated carbocycles. The van der Waals surface area contributed by atoms with E-state index in [1.165, 1.54) is 6.20 Å². The van der Waals surface area contributed by atoms with Crippen LogP contribution >= 0.6 is 11.3 Å². The molecule has 3 heterocycles. The Morgan fingerprint density at radius 3 is 2.57 bits per heavy atom. The van der Waals surface area contributed by atoms with Crippen LogP contribution in [0, 0.1) is 17.0 Å². The van der Waals surface area contributed by atoms with Crippen LogP contribution in [0.3, 0.4) is 0 Å². The SMILES string of the molecule is COc1ccc(-c2nc(CN3CCN(c4ncc([N+](=O)[O-])cc4C)CC3)cs2)cc1. The van der Waals surface area contributed by atoms with E-state index in [-0.39, 0.29) is 5.69 Å². The van der Waals surface area contributed by atoms with Crippen LogP contribution in [0.25, 0.3) is 10.6 Å². The number of anilines is 1. The van der Waals surface area contributed by atoms with Crippen molar-refractivity contribution < 1.29 is 9.66 Å². The van der Waals surface area contributed by atoms with Gasteiger partial charge in [-0.2, -0.15) is 0 Å². The van der Waals surface area contributed by atoms with Gasteiger partial charge < -0.3 is 9.64 Å². The lowest BCUT2D eigenvalue weighted by atomic mass is 10.2. The van der Waals surface area contributed by atoms with E-state index in [0.717, 1.165) is 66.1 Å². The minimum absolute atomic E-state index is 0.0334. The molecule has 0 atom stereocenters. The maximum atomic E-state index is 10.9. The van der Waals surface area contributed by atoms with Crippen LogP contribution in [0.4, 0.5) is 11.5 Å². The normalized spacial score (nSPS) is 14.7. The van der Waals surface area contributed by atoms with E-state index in [4.69, 9.17) is 9.72 Å².